The van der Waals surface area contributed by atoms with E-state index in [0.717, 1.165) is 22.5 Å². The van der Waals surface area contributed by atoms with E-state index < -0.39 is 11.9 Å². The number of carbonyl (C=O) groups is 2. The molecule has 202 valence electrons. The van der Waals surface area contributed by atoms with Crippen molar-refractivity contribution in [2.45, 2.75) is 38.5 Å². The summed E-state index contributed by atoms with van der Waals surface area (Å²) in [7, 11) is 0. The number of nitrogens with zero attached hydrogens (tertiary/aromatic N) is 4. The third kappa shape index (κ3) is 5.66. The van der Waals surface area contributed by atoms with Crippen molar-refractivity contribution in [1.29, 1.82) is 0 Å². The highest BCUT2D eigenvalue weighted by atomic mass is 16.5. The molecule has 5 rings (SSSR count). The first-order chi connectivity index (χ1) is 19.6. The number of esters is 2. The standard InChI is InChI=1S/C32H30N4O4/c1-3-39-31(37)29-23(21-13-17-35-27(19-21)25-9-5-7-15-33-25)11-12-24(30(29)32(38)40-4-2)22-14-18-36-28(20-22)26-10-6-8-16-34-26/h5-10,13-20,23-24H,3-4,11-12H2,1-2H3. The van der Waals surface area contributed by atoms with Crippen LogP contribution in [0.4, 0.5) is 0 Å². The Hall–Kier alpha value is -4.72. The highest BCUT2D eigenvalue weighted by molar-refractivity contribution is 6.03. The van der Waals surface area contributed by atoms with Crippen molar-refractivity contribution in [2.24, 2.45) is 0 Å². The second-order valence-corrected chi connectivity index (χ2v) is 9.33. The van der Waals surface area contributed by atoms with Crippen LogP contribution in [0.25, 0.3) is 22.8 Å². The van der Waals surface area contributed by atoms with Gasteiger partial charge in [-0.3, -0.25) is 19.9 Å². The van der Waals surface area contributed by atoms with Crippen molar-refractivity contribution < 1.29 is 19.1 Å². The first-order valence-corrected chi connectivity index (χ1v) is 13.4. The molecule has 0 saturated carbocycles. The van der Waals surface area contributed by atoms with Gasteiger partial charge in [0.1, 0.15) is 0 Å². The molecule has 0 aromatic carbocycles. The van der Waals surface area contributed by atoms with E-state index in [-0.39, 0.29) is 25.0 Å². The molecule has 40 heavy (non-hydrogen) atoms. The molecule has 1 aliphatic rings. The molecule has 0 amide bonds. The van der Waals surface area contributed by atoms with Crippen LogP contribution in [0.2, 0.25) is 0 Å². The van der Waals surface area contributed by atoms with Crippen LogP contribution in [0.5, 0.6) is 0 Å². The molecule has 0 radical (unpaired) electrons. The van der Waals surface area contributed by atoms with Crippen molar-refractivity contribution in [3.8, 4) is 22.8 Å². The summed E-state index contributed by atoms with van der Waals surface area (Å²) in [4.78, 5) is 45.0. The summed E-state index contributed by atoms with van der Waals surface area (Å²) in [6.07, 6.45) is 8.08. The lowest BCUT2D eigenvalue weighted by Gasteiger charge is -2.33. The third-order valence-electron chi connectivity index (χ3n) is 6.95. The Morgan fingerprint density at radius 3 is 1.43 bits per heavy atom. The fourth-order valence-electron chi connectivity index (χ4n) is 5.22. The molecule has 4 aromatic rings. The van der Waals surface area contributed by atoms with Crippen molar-refractivity contribution in [1.82, 2.24) is 19.9 Å². The molecule has 0 fully saturated rings. The highest BCUT2D eigenvalue weighted by Gasteiger charge is 2.40. The van der Waals surface area contributed by atoms with Crippen LogP contribution in [-0.2, 0) is 19.1 Å². The zero-order valence-corrected chi connectivity index (χ0v) is 22.5. The maximum absolute atomic E-state index is 13.6. The maximum atomic E-state index is 13.6. The van der Waals surface area contributed by atoms with Crippen LogP contribution in [-0.4, -0.2) is 45.1 Å². The highest BCUT2D eigenvalue weighted by Crippen LogP contribution is 2.46. The molecule has 0 N–H and O–H groups in total. The van der Waals surface area contributed by atoms with Gasteiger partial charge in [0.25, 0.3) is 0 Å². The fourth-order valence-corrected chi connectivity index (χ4v) is 5.22. The summed E-state index contributed by atoms with van der Waals surface area (Å²) >= 11 is 0. The van der Waals surface area contributed by atoms with E-state index in [9.17, 15) is 9.59 Å². The number of hydrogen-bond donors (Lipinski definition) is 0. The lowest BCUT2D eigenvalue weighted by Crippen LogP contribution is -2.29. The topological polar surface area (TPSA) is 104 Å². The average Bonchev–Trinajstić information content (AvgIpc) is 3.01. The molecule has 0 spiro atoms. The number of aromatic nitrogens is 4. The first kappa shape index (κ1) is 26.9. The lowest BCUT2D eigenvalue weighted by atomic mass is 9.71. The molecule has 2 atom stereocenters. The van der Waals surface area contributed by atoms with Gasteiger partial charge in [-0.05, 0) is 86.3 Å². The van der Waals surface area contributed by atoms with Crippen LogP contribution in [0.1, 0.15) is 49.7 Å². The lowest BCUT2D eigenvalue weighted by molar-refractivity contribution is -0.142. The van der Waals surface area contributed by atoms with Gasteiger partial charge in [0.2, 0.25) is 0 Å². The molecule has 4 heterocycles. The SMILES string of the molecule is CCOC(=O)C1=C(C(=O)OCC)C(c2ccnc(-c3ccccn3)c2)CCC1c1ccnc(-c2ccccn2)c1. The van der Waals surface area contributed by atoms with Crippen LogP contribution >= 0.6 is 0 Å². The zero-order valence-electron chi connectivity index (χ0n) is 22.5. The van der Waals surface area contributed by atoms with Crippen molar-refractivity contribution in [3.63, 3.8) is 0 Å². The summed E-state index contributed by atoms with van der Waals surface area (Å²) < 4.78 is 11.1. The third-order valence-corrected chi connectivity index (χ3v) is 6.95. The van der Waals surface area contributed by atoms with Gasteiger partial charge in [0, 0.05) is 36.6 Å². The molecule has 0 bridgehead atoms. The first-order valence-electron chi connectivity index (χ1n) is 13.4. The van der Waals surface area contributed by atoms with Crippen LogP contribution in [0.3, 0.4) is 0 Å². The van der Waals surface area contributed by atoms with Crippen LogP contribution in [0.15, 0.2) is 96.6 Å². The smallest absolute Gasteiger partial charge is 0.335 e. The van der Waals surface area contributed by atoms with Gasteiger partial charge in [-0.25, -0.2) is 9.59 Å². The Morgan fingerprint density at radius 1 is 0.625 bits per heavy atom. The van der Waals surface area contributed by atoms with Crippen LogP contribution in [0, 0.1) is 0 Å². The van der Waals surface area contributed by atoms with E-state index in [1.165, 1.54) is 0 Å². The largest absolute Gasteiger partial charge is 0.463 e. The minimum atomic E-state index is -0.518. The van der Waals surface area contributed by atoms with Gasteiger partial charge in [-0.2, -0.15) is 0 Å². The molecular weight excluding hydrogens is 504 g/mol. The second-order valence-electron chi connectivity index (χ2n) is 9.33. The number of carbonyl (C=O) groups excluding carboxylic acids is 2. The Balaban J connectivity index is 1.64. The number of rotatable bonds is 8. The van der Waals surface area contributed by atoms with Gasteiger partial charge >= 0.3 is 11.9 Å². The van der Waals surface area contributed by atoms with Gasteiger partial charge in [-0.1, -0.05) is 12.1 Å². The molecule has 4 aromatic heterocycles. The normalized spacial score (nSPS) is 16.9. The minimum absolute atomic E-state index is 0.185. The molecule has 8 heteroatoms. The van der Waals surface area contributed by atoms with Gasteiger partial charge in [-0.15, -0.1) is 0 Å². The van der Waals surface area contributed by atoms with E-state index in [1.54, 1.807) is 38.6 Å². The Bertz CT molecular complexity index is 1410. The summed E-state index contributed by atoms with van der Waals surface area (Å²) in [5, 5.41) is 0. The molecule has 1 aliphatic carbocycles. The molecule has 0 aliphatic heterocycles. The number of hydrogen-bond acceptors (Lipinski definition) is 8. The monoisotopic (exact) mass is 534 g/mol. The summed E-state index contributed by atoms with van der Waals surface area (Å²) in [6, 6.07) is 18.9. The molecule has 8 nitrogen and oxygen atoms in total. The van der Waals surface area contributed by atoms with Gasteiger partial charge < -0.3 is 9.47 Å². The summed E-state index contributed by atoms with van der Waals surface area (Å²) in [5.74, 6) is -1.79. The fraction of sp³-hybridized carbons (Fsp3) is 0.250. The van der Waals surface area contributed by atoms with E-state index in [4.69, 9.17) is 9.47 Å². The van der Waals surface area contributed by atoms with Gasteiger partial charge in [0.05, 0.1) is 47.1 Å². The van der Waals surface area contributed by atoms with E-state index >= 15 is 0 Å². The van der Waals surface area contributed by atoms with E-state index in [0.29, 0.717) is 35.4 Å². The Labute approximate surface area is 233 Å². The molecular formula is C32H30N4O4. The number of pyridine rings is 4. The molecule has 2 unspecified atom stereocenters. The summed E-state index contributed by atoms with van der Waals surface area (Å²) in [5.41, 5.74) is 5.21. The quantitative estimate of drug-likeness (QED) is 0.266. The predicted octanol–water partition coefficient (Wildman–Crippen LogP) is 5.68. The second kappa shape index (κ2) is 12.4. The van der Waals surface area contributed by atoms with Crippen molar-refractivity contribution in [2.75, 3.05) is 13.2 Å². The predicted molar refractivity (Wildman–Crippen MR) is 150 cm³/mol. The Kier molecular flexibility index (Phi) is 8.35. The van der Waals surface area contributed by atoms with E-state index in [1.807, 2.05) is 60.7 Å². The average molecular weight is 535 g/mol. The minimum Gasteiger partial charge on any atom is -0.463 e. The van der Waals surface area contributed by atoms with Crippen molar-refractivity contribution >= 4 is 11.9 Å². The van der Waals surface area contributed by atoms with Gasteiger partial charge in [0.15, 0.2) is 0 Å². The Morgan fingerprint density at radius 2 is 1.05 bits per heavy atom. The number of ether oxygens (including phenoxy) is 2. The summed E-state index contributed by atoms with van der Waals surface area (Å²) in [6.45, 7) is 3.88. The van der Waals surface area contributed by atoms with E-state index in [2.05, 4.69) is 19.9 Å². The zero-order chi connectivity index (χ0) is 27.9. The molecule has 0 saturated heterocycles. The van der Waals surface area contributed by atoms with Crippen LogP contribution < -0.4 is 0 Å². The van der Waals surface area contributed by atoms with Crippen molar-refractivity contribution in [3.05, 3.63) is 108 Å². The maximum Gasteiger partial charge on any atom is 0.335 e.